The zero-order valence-electron chi connectivity index (χ0n) is 11.2. The Morgan fingerprint density at radius 3 is 2.79 bits per heavy atom. The maximum atomic E-state index is 13.5. The van der Waals surface area contributed by atoms with Crippen LogP contribution in [-0.4, -0.2) is 9.55 Å². The van der Waals surface area contributed by atoms with Crippen LogP contribution in [0.4, 0.5) is 4.39 Å². The molecule has 0 amide bonds. The minimum Gasteiger partial charge on any atom is -0.326 e. The fourth-order valence-corrected chi connectivity index (χ4v) is 2.88. The minimum atomic E-state index is -0.221. The van der Waals surface area contributed by atoms with E-state index in [4.69, 9.17) is 11.6 Å². The normalized spacial score (nSPS) is 18.7. The highest BCUT2D eigenvalue weighted by molar-refractivity contribution is 6.20. The van der Waals surface area contributed by atoms with Crippen molar-refractivity contribution in [1.29, 1.82) is 0 Å². The predicted octanol–water partition coefficient (Wildman–Crippen LogP) is 4.52. The molecular weight excluding hydrogens is 263 g/mol. The summed E-state index contributed by atoms with van der Waals surface area (Å²) in [6.07, 6.45) is 2.63. The number of hydrogen-bond acceptors (Lipinski definition) is 1. The van der Waals surface area contributed by atoms with Crippen LogP contribution in [0.15, 0.2) is 18.2 Å². The molecule has 1 aromatic carbocycles. The number of fused-ring (bicyclic) bond motifs is 1. The monoisotopic (exact) mass is 280 g/mol. The first-order valence-corrected chi connectivity index (χ1v) is 7.29. The van der Waals surface area contributed by atoms with E-state index < -0.39 is 0 Å². The lowest BCUT2D eigenvalue weighted by Gasteiger charge is -2.15. The molecule has 1 aliphatic rings. The summed E-state index contributed by atoms with van der Waals surface area (Å²) in [6, 6.07) is 4.74. The number of benzene rings is 1. The van der Waals surface area contributed by atoms with Gasteiger partial charge in [0, 0.05) is 6.54 Å². The van der Waals surface area contributed by atoms with Crippen molar-refractivity contribution >= 4 is 22.6 Å². The van der Waals surface area contributed by atoms with Gasteiger partial charge in [0.1, 0.15) is 11.6 Å². The number of halogens is 2. The highest BCUT2D eigenvalue weighted by atomic mass is 35.5. The Morgan fingerprint density at radius 2 is 2.16 bits per heavy atom. The highest BCUT2D eigenvalue weighted by Gasteiger charge is 2.29. The molecule has 1 saturated carbocycles. The van der Waals surface area contributed by atoms with Crippen LogP contribution in [-0.2, 0) is 6.54 Å². The van der Waals surface area contributed by atoms with Gasteiger partial charge in [-0.25, -0.2) is 9.37 Å². The van der Waals surface area contributed by atoms with Crippen LogP contribution < -0.4 is 0 Å². The molecule has 0 radical (unpaired) electrons. The van der Waals surface area contributed by atoms with E-state index in [1.165, 1.54) is 18.9 Å². The van der Waals surface area contributed by atoms with Crippen molar-refractivity contribution in [2.24, 2.45) is 11.8 Å². The van der Waals surface area contributed by atoms with E-state index in [2.05, 4.69) is 16.5 Å². The molecule has 2 atom stereocenters. The van der Waals surface area contributed by atoms with Crippen LogP contribution in [0, 0.1) is 17.7 Å². The first-order valence-electron chi connectivity index (χ1n) is 6.86. The zero-order valence-corrected chi connectivity index (χ0v) is 12.0. The van der Waals surface area contributed by atoms with Gasteiger partial charge in [-0.05, 0) is 49.8 Å². The molecule has 19 heavy (non-hydrogen) atoms. The van der Waals surface area contributed by atoms with Crippen LogP contribution >= 0.6 is 11.6 Å². The summed E-state index contributed by atoms with van der Waals surface area (Å²) in [7, 11) is 0. The van der Waals surface area contributed by atoms with Crippen molar-refractivity contribution in [3.8, 4) is 0 Å². The molecule has 1 aliphatic carbocycles. The SMILES string of the molecule is CC(Cl)c1nc2ccc(F)cc2n1CC(C)C1CC1. The molecular formula is C15H18ClFN2. The van der Waals surface area contributed by atoms with Crippen molar-refractivity contribution in [3.05, 3.63) is 29.8 Å². The van der Waals surface area contributed by atoms with Gasteiger partial charge < -0.3 is 4.57 Å². The second kappa shape index (κ2) is 4.78. The van der Waals surface area contributed by atoms with E-state index in [1.54, 1.807) is 12.1 Å². The van der Waals surface area contributed by atoms with Gasteiger partial charge >= 0.3 is 0 Å². The molecule has 2 aromatic rings. The standard InChI is InChI=1S/C15H18ClFN2/c1-9(11-3-4-11)8-19-14-7-12(17)5-6-13(14)18-15(19)10(2)16/h5-7,9-11H,3-4,8H2,1-2H3. The number of nitrogens with zero attached hydrogens (tertiary/aromatic N) is 2. The van der Waals surface area contributed by atoms with Crippen LogP contribution in [0.1, 0.15) is 37.9 Å². The fourth-order valence-electron chi connectivity index (χ4n) is 2.71. The van der Waals surface area contributed by atoms with Crippen LogP contribution in [0.25, 0.3) is 11.0 Å². The number of aromatic nitrogens is 2. The van der Waals surface area contributed by atoms with Gasteiger partial charge in [-0.2, -0.15) is 0 Å². The van der Waals surface area contributed by atoms with Crippen LogP contribution in [0.5, 0.6) is 0 Å². The van der Waals surface area contributed by atoms with Crippen LogP contribution in [0.2, 0.25) is 0 Å². The molecule has 0 aliphatic heterocycles. The number of alkyl halides is 1. The van der Waals surface area contributed by atoms with Crippen molar-refractivity contribution in [2.75, 3.05) is 0 Å². The Labute approximate surface area is 117 Å². The van der Waals surface area contributed by atoms with E-state index in [1.807, 2.05) is 6.92 Å². The van der Waals surface area contributed by atoms with E-state index in [9.17, 15) is 4.39 Å². The molecule has 0 N–H and O–H groups in total. The summed E-state index contributed by atoms with van der Waals surface area (Å²) < 4.78 is 15.6. The van der Waals surface area contributed by atoms with Gasteiger partial charge in [0.25, 0.3) is 0 Å². The second-order valence-electron chi connectivity index (χ2n) is 5.64. The van der Waals surface area contributed by atoms with E-state index >= 15 is 0 Å². The lowest BCUT2D eigenvalue weighted by molar-refractivity contribution is 0.428. The summed E-state index contributed by atoms with van der Waals surface area (Å²) in [5.41, 5.74) is 1.68. The molecule has 0 saturated heterocycles. The predicted molar refractivity (Wildman–Crippen MR) is 75.8 cm³/mol. The Balaban J connectivity index is 2.06. The minimum absolute atomic E-state index is 0.165. The third-order valence-electron chi connectivity index (χ3n) is 3.99. The molecule has 1 aromatic heterocycles. The zero-order chi connectivity index (χ0) is 13.6. The van der Waals surface area contributed by atoms with Crippen molar-refractivity contribution in [1.82, 2.24) is 9.55 Å². The van der Waals surface area contributed by atoms with Gasteiger partial charge in [-0.15, -0.1) is 11.6 Å². The average Bonchev–Trinajstić information content (AvgIpc) is 3.14. The summed E-state index contributed by atoms with van der Waals surface area (Å²) >= 11 is 6.22. The quantitative estimate of drug-likeness (QED) is 0.753. The third-order valence-corrected chi connectivity index (χ3v) is 4.19. The van der Waals surface area contributed by atoms with Crippen molar-refractivity contribution in [3.63, 3.8) is 0 Å². The molecule has 1 heterocycles. The molecule has 102 valence electrons. The van der Waals surface area contributed by atoms with E-state index in [0.29, 0.717) is 5.92 Å². The largest absolute Gasteiger partial charge is 0.326 e. The summed E-state index contributed by atoms with van der Waals surface area (Å²) in [4.78, 5) is 4.55. The van der Waals surface area contributed by atoms with Crippen molar-refractivity contribution < 1.29 is 4.39 Å². The Morgan fingerprint density at radius 1 is 1.42 bits per heavy atom. The molecule has 0 spiro atoms. The molecule has 2 unspecified atom stereocenters. The summed E-state index contributed by atoms with van der Waals surface area (Å²) in [5, 5.41) is -0.165. The first kappa shape index (κ1) is 12.9. The molecule has 3 rings (SSSR count). The topological polar surface area (TPSA) is 17.8 Å². The molecule has 4 heteroatoms. The third kappa shape index (κ3) is 2.48. The number of imidazole rings is 1. The molecule has 0 bridgehead atoms. The summed E-state index contributed by atoms with van der Waals surface area (Å²) in [5.74, 6) is 2.02. The lowest BCUT2D eigenvalue weighted by Crippen LogP contribution is -2.12. The summed E-state index contributed by atoms with van der Waals surface area (Å²) in [6.45, 7) is 5.04. The lowest BCUT2D eigenvalue weighted by atomic mass is 10.1. The first-order chi connectivity index (χ1) is 9.06. The van der Waals surface area contributed by atoms with Gasteiger partial charge in [0.05, 0.1) is 16.4 Å². The maximum absolute atomic E-state index is 13.5. The maximum Gasteiger partial charge on any atom is 0.127 e. The average molecular weight is 281 g/mol. The Bertz CT molecular complexity index is 601. The number of rotatable bonds is 4. The molecule has 1 fully saturated rings. The molecule has 2 nitrogen and oxygen atoms in total. The highest BCUT2D eigenvalue weighted by Crippen LogP contribution is 2.38. The fraction of sp³-hybridized carbons (Fsp3) is 0.533. The van der Waals surface area contributed by atoms with Crippen molar-refractivity contribution in [2.45, 2.75) is 38.6 Å². The number of hydrogen-bond donors (Lipinski definition) is 0. The Kier molecular flexibility index (Phi) is 3.25. The second-order valence-corrected chi connectivity index (χ2v) is 6.30. The Hall–Kier alpha value is -1.09. The van der Waals surface area contributed by atoms with Crippen LogP contribution in [0.3, 0.4) is 0 Å². The van der Waals surface area contributed by atoms with Gasteiger partial charge in [0.15, 0.2) is 0 Å². The van der Waals surface area contributed by atoms with E-state index in [0.717, 1.165) is 29.3 Å². The van der Waals surface area contributed by atoms with E-state index in [-0.39, 0.29) is 11.2 Å². The smallest absolute Gasteiger partial charge is 0.127 e. The van der Waals surface area contributed by atoms with Gasteiger partial charge in [-0.3, -0.25) is 0 Å². The van der Waals surface area contributed by atoms with Gasteiger partial charge in [-0.1, -0.05) is 6.92 Å². The van der Waals surface area contributed by atoms with Gasteiger partial charge in [0.2, 0.25) is 0 Å².